The second-order valence-electron chi connectivity index (χ2n) is 4.45. The lowest BCUT2D eigenvalue weighted by Gasteiger charge is -2.26. The van der Waals surface area contributed by atoms with E-state index in [1.54, 1.807) is 6.20 Å². The third-order valence-corrected chi connectivity index (χ3v) is 3.74. The van der Waals surface area contributed by atoms with E-state index < -0.39 is 0 Å². The molecule has 18 heavy (non-hydrogen) atoms. The number of aromatic nitrogens is 1. The van der Waals surface area contributed by atoms with Crippen LogP contribution in [0.3, 0.4) is 0 Å². The first-order chi connectivity index (χ1) is 8.77. The molecule has 1 fully saturated rings. The lowest BCUT2D eigenvalue weighted by Crippen LogP contribution is -2.36. The van der Waals surface area contributed by atoms with Gasteiger partial charge in [0.2, 0.25) is 5.91 Å². The first kappa shape index (κ1) is 13.3. The molecule has 0 spiro atoms. The molecule has 0 unspecified atom stereocenters. The lowest BCUT2D eigenvalue weighted by atomic mass is 10.1. The number of amides is 1. The summed E-state index contributed by atoms with van der Waals surface area (Å²) < 4.78 is 0.926. The van der Waals surface area contributed by atoms with Crippen LogP contribution < -0.4 is 5.32 Å². The summed E-state index contributed by atoms with van der Waals surface area (Å²) in [7, 11) is 0. The highest BCUT2D eigenvalue weighted by Crippen LogP contribution is 2.18. The van der Waals surface area contributed by atoms with E-state index in [0.717, 1.165) is 36.2 Å². The van der Waals surface area contributed by atoms with Gasteiger partial charge in [-0.3, -0.25) is 4.79 Å². The van der Waals surface area contributed by atoms with Gasteiger partial charge in [-0.2, -0.15) is 0 Å². The van der Waals surface area contributed by atoms with Crippen molar-refractivity contribution in [1.82, 2.24) is 9.88 Å². The van der Waals surface area contributed by atoms with Crippen molar-refractivity contribution in [2.75, 3.05) is 25.0 Å². The van der Waals surface area contributed by atoms with E-state index in [1.807, 2.05) is 17.0 Å². The van der Waals surface area contributed by atoms with Crippen LogP contribution in [-0.2, 0) is 4.79 Å². The van der Waals surface area contributed by atoms with E-state index in [1.165, 1.54) is 6.42 Å². The largest absolute Gasteiger partial charge is 0.369 e. The van der Waals surface area contributed by atoms with E-state index >= 15 is 0 Å². The number of carbonyl (C=O) groups excluding carboxylic acids is 1. The zero-order valence-corrected chi connectivity index (χ0v) is 11.9. The summed E-state index contributed by atoms with van der Waals surface area (Å²) in [6, 6.07) is 3.80. The Hall–Kier alpha value is -1.10. The monoisotopic (exact) mass is 311 g/mol. The fraction of sp³-hybridized carbons (Fsp3) is 0.538. The minimum atomic E-state index is 0.245. The Balaban J connectivity index is 1.75. The maximum absolute atomic E-state index is 11.9. The summed E-state index contributed by atoms with van der Waals surface area (Å²) in [6.07, 6.45) is 5.81. The van der Waals surface area contributed by atoms with Crippen LogP contribution in [-0.4, -0.2) is 35.4 Å². The van der Waals surface area contributed by atoms with Crippen LogP contribution in [0, 0.1) is 0 Å². The van der Waals surface area contributed by atoms with Gasteiger partial charge in [-0.05, 0) is 47.3 Å². The van der Waals surface area contributed by atoms with Gasteiger partial charge in [0, 0.05) is 32.3 Å². The zero-order chi connectivity index (χ0) is 12.8. The summed E-state index contributed by atoms with van der Waals surface area (Å²) in [5.74, 6) is 1.04. The number of anilines is 1. The number of pyridine rings is 1. The van der Waals surface area contributed by atoms with Crippen LogP contribution in [0.2, 0.25) is 0 Å². The summed E-state index contributed by atoms with van der Waals surface area (Å²) >= 11 is 3.42. The Morgan fingerprint density at radius 2 is 2.17 bits per heavy atom. The van der Waals surface area contributed by atoms with Crippen molar-refractivity contribution in [3.63, 3.8) is 0 Å². The molecule has 1 aromatic rings. The molecule has 1 saturated heterocycles. The SMILES string of the molecule is O=C(CCNc1ncccc1Br)N1CCCCC1. The average molecular weight is 312 g/mol. The molecule has 4 nitrogen and oxygen atoms in total. The molecule has 0 aliphatic carbocycles. The smallest absolute Gasteiger partial charge is 0.224 e. The van der Waals surface area contributed by atoms with Crippen molar-refractivity contribution >= 4 is 27.7 Å². The molecule has 1 aliphatic rings. The zero-order valence-electron chi connectivity index (χ0n) is 10.4. The summed E-state index contributed by atoms with van der Waals surface area (Å²) in [5.41, 5.74) is 0. The number of nitrogens with zero attached hydrogens (tertiary/aromatic N) is 2. The van der Waals surface area contributed by atoms with Crippen LogP contribution in [0.25, 0.3) is 0 Å². The van der Waals surface area contributed by atoms with Crippen LogP contribution in [0.15, 0.2) is 22.8 Å². The van der Waals surface area contributed by atoms with Gasteiger partial charge in [0.15, 0.2) is 0 Å². The highest BCUT2D eigenvalue weighted by atomic mass is 79.9. The first-order valence-electron chi connectivity index (χ1n) is 6.39. The van der Waals surface area contributed by atoms with Gasteiger partial charge >= 0.3 is 0 Å². The summed E-state index contributed by atoms with van der Waals surface area (Å²) in [4.78, 5) is 18.1. The molecule has 1 aliphatic heterocycles. The van der Waals surface area contributed by atoms with E-state index in [2.05, 4.69) is 26.2 Å². The number of hydrogen-bond donors (Lipinski definition) is 1. The molecule has 98 valence electrons. The summed E-state index contributed by atoms with van der Waals surface area (Å²) in [6.45, 7) is 2.48. The van der Waals surface area contributed by atoms with Gasteiger partial charge in [0.25, 0.3) is 0 Å². The van der Waals surface area contributed by atoms with Crippen LogP contribution >= 0.6 is 15.9 Å². The minimum absolute atomic E-state index is 0.245. The van der Waals surface area contributed by atoms with E-state index in [4.69, 9.17) is 0 Å². The molecular formula is C13H18BrN3O. The molecule has 2 heterocycles. The minimum Gasteiger partial charge on any atom is -0.369 e. The van der Waals surface area contributed by atoms with Crippen LogP contribution in [0.1, 0.15) is 25.7 Å². The second-order valence-corrected chi connectivity index (χ2v) is 5.31. The molecular weight excluding hydrogens is 294 g/mol. The molecule has 0 bridgehead atoms. The quantitative estimate of drug-likeness (QED) is 0.930. The van der Waals surface area contributed by atoms with Gasteiger partial charge in [-0.1, -0.05) is 0 Å². The van der Waals surface area contributed by atoms with Gasteiger partial charge in [0.05, 0.1) is 4.47 Å². The molecule has 5 heteroatoms. The Labute approximate surface area is 116 Å². The predicted octanol–water partition coefficient (Wildman–Crippen LogP) is 2.66. The molecule has 1 N–H and O–H groups in total. The fourth-order valence-corrected chi connectivity index (χ4v) is 2.50. The molecule has 0 atom stereocenters. The highest BCUT2D eigenvalue weighted by molar-refractivity contribution is 9.10. The summed E-state index contributed by atoms with van der Waals surface area (Å²) in [5, 5.41) is 3.18. The number of carbonyl (C=O) groups is 1. The van der Waals surface area contributed by atoms with Crippen molar-refractivity contribution in [2.24, 2.45) is 0 Å². The van der Waals surface area contributed by atoms with Gasteiger partial charge < -0.3 is 10.2 Å². The van der Waals surface area contributed by atoms with Crippen LogP contribution in [0.4, 0.5) is 5.82 Å². The third-order valence-electron chi connectivity index (χ3n) is 3.10. The number of piperidine rings is 1. The Morgan fingerprint density at radius 1 is 1.39 bits per heavy atom. The topological polar surface area (TPSA) is 45.2 Å². The van der Waals surface area contributed by atoms with Gasteiger partial charge in [-0.15, -0.1) is 0 Å². The average Bonchev–Trinajstić information content (AvgIpc) is 2.42. The molecule has 1 amide bonds. The molecule has 1 aromatic heterocycles. The molecule has 2 rings (SSSR count). The van der Waals surface area contributed by atoms with E-state index in [0.29, 0.717) is 13.0 Å². The maximum Gasteiger partial charge on any atom is 0.224 e. The third kappa shape index (κ3) is 3.70. The maximum atomic E-state index is 11.9. The second kappa shape index (κ2) is 6.73. The lowest BCUT2D eigenvalue weighted by molar-refractivity contribution is -0.131. The normalized spacial score (nSPS) is 15.5. The number of likely N-dealkylation sites (tertiary alicyclic amines) is 1. The number of halogens is 1. The van der Waals surface area contributed by atoms with Crippen molar-refractivity contribution < 1.29 is 4.79 Å². The first-order valence-corrected chi connectivity index (χ1v) is 7.19. The van der Waals surface area contributed by atoms with Crippen molar-refractivity contribution in [3.05, 3.63) is 22.8 Å². The van der Waals surface area contributed by atoms with Crippen molar-refractivity contribution in [1.29, 1.82) is 0 Å². The van der Waals surface area contributed by atoms with Gasteiger partial charge in [-0.25, -0.2) is 4.98 Å². The predicted molar refractivity (Wildman–Crippen MR) is 75.5 cm³/mol. The molecule has 0 aromatic carbocycles. The van der Waals surface area contributed by atoms with E-state index in [9.17, 15) is 4.79 Å². The van der Waals surface area contributed by atoms with Gasteiger partial charge in [0.1, 0.15) is 5.82 Å². The van der Waals surface area contributed by atoms with Crippen LogP contribution in [0.5, 0.6) is 0 Å². The van der Waals surface area contributed by atoms with Crippen molar-refractivity contribution in [2.45, 2.75) is 25.7 Å². The van der Waals surface area contributed by atoms with E-state index in [-0.39, 0.29) is 5.91 Å². The molecule has 0 radical (unpaired) electrons. The standard InChI is InChI=1S/C13H18BrN3O/c14-11-5-4-7-15-13(11)16-8-6-12(18)17-9-2-1-3-10-17/h4-5,7H,1-3,6,8-10H2,(H,15,16). The Kier molecular flexibility index (Phi) is 4.99. The Morgan fingerprint density at radius 3 is 2.89 bits per heavy atom. The number of nitrogens with one attached hydrogen (secondary N) is 1. The fourth-order valence-electron chi connectivity index (χ4n) is 2.11. The number of rotatable bonds is 4. The number of hydrogen-bond acceptors (Lipinski definition) is 3. The van der Waals surface area contributed by atoms with Crippen molar-refractivity contribution in [3.8, 4) is 0 Å². The molecule has 0 saturated carbocycles. The highest BCUT2D eigenvalue weighted by Gasteiger charge is 2.15. The Bertz CT molecular complexity index is 405.